The van der Waals surface area contributed by atoms with E-state index in [2.05, 4.69) is 9.97 Å². The third kappa shape index (κ3) is 5.76. The number of hydrogen-bond donors (Lipinski definition) is 0. The lowest BCUT2D eigenvalue weighted by Gasteiger charge is -2.24. The SMILES string of the molecule is COc1ccc2nccc(C=CC(=O)N(Cc3ccccc3)C[C@H]3CN(c4ccc5c(c4)OCCO5)C(=O)O3)c2n1. The van der Waals surface area contributed by atoms with Crippen molar-refractivity contribution in [2.24, 2.45) is 0 Å². The summed E-state index contributed by atoms with van der Waals surface area (Å²) in [4.78, 5) is 38.5. The van der Waals surface area contributed by atoms with Crippen LogP contribution in [0.15, 0.2) is 79.0 Å². The van der Waals surface area contributed by atoms with E-state index in [9.17, 15) is 9.59 Å². The summed E-state index contributed by atoms with van der Waals surface area (Å²) < 4.78 is 22.2. The van der Waals surface area contributed by atoms with Crippen LogP contribution in [-0.4, -0.2) is 66.4 Å². The molecule has 2 aliphatic heterocycles. The normalized spacial score (nSPS) is 16.2. The molecule has 4 aromatic rings. The molecule has 0 saturated carbocycles. The molecular formula is C31H28N4O6. The van der Waals surface area contributed by atoms with Crippen molar-refractivity contribution in [2.75, 3.05) is 38.3 Å². The molecule has 1 saturated heterocycles. The van der Waals surface area contributed by atoms with E-state index in [0.717, 1.165) is 11.1 Å². The number of benzene rings is 2. The van der Waals surface area contributed by atoms with E-state index in [4.69, 9.17) is 18.9 Å². The molecule has 2 amide bonds. The molecule has 2 aromatic carbocycles. The summed E-state index contributed by atoms with van der Waals surface area (Å²) in [5.41, 5.74) is 3.67. The summed E-state index contributed by atoms with van der Waals surface area (Å²) in [6.45, 7) is 1.80. The van der Waals surface area contributed by atoms with Crippen LogP contribution in [0.4, 0.5) is 10.5 Å². The van der Waals surface area contributed by atoms with Crippen molar-refractivity contribution in [3.63, 3.8) is 0 Å². The van der Waals surface area contributed by atoms with Gasteiger partial charge in [-0.2, -0.15) is 0 Å². The Morgan fingerprint density at radius 2 is 1.90 bits per heavy atom. The van der Waals surface area contributed by atoms with Crippen molar-refractivity contribution < 1.29 is 28.5 Å². The average molecular weight is 553 g/mol. The maximum absolute atomic E-state index is 13.6. The van der Waals surface area contributed by atoms with Crippen LogP contribution in [0.25, 0.3) is 17.1 Å². The number of ether oxygens (including phenoxy) is 4. The van der Waals surface area contributed by atoms with Gasteiger partial charge in [-0.3, -0.25) is 14.7 Å². The molecule has 1 fully saturated rings. The summed E-state index contributed by atoms with van der Waals surface area (Å²) in [5.74, 6) is 1.47. The fourth-order valence-corrected chi connectivity index (χ4v) is 4.85. The van der Waals surface area contributed by atoms with E-state index < -0.39 is 12.2 Å². The molecule has 10 nitrogen and oxygen atoms in total. The topological polar surface area (TPSA) is 103 Å². The van der Waals surface area contributed by atoms with Gasteiger partial charge in [0.05, 0.1) is 36.9 Å². The van der Waals surface area contributed by atoms with Crippen LogP contribution in [0.2, 0.25) is 0 Å². The van der Waals surface area contributed by atoms with E-state index in [1.165, 1.54) is 6.08 Å². The second-order valence-corrected chi connectivity index (χ2v) is 9.60. The number of carbonyl (C=O) groups excluding carboxylic acids is 2. The van der Waals surface area contributed by atoms with Crippen molar-refractivity contribution in [2.45, 2.75) is 12.6 Å². The highest BCUT2D eigenvalue weighted by Gasteiger charge is 2.35. The first-order valence-electron chi connectivity index (χ1n) is 13.3. The number of amides is 2. The molecule has 6 rings (SSSR count). The van der Waals surface area contributed by atoms with Crippen LogP contribution in [0.3, 0.4) is 0 Å². The third-order valence-corrected chi connectivity index (χ3v) is 6.87. The quantitative estimate of drug-likeness (QED) is 0.295. The van der Waals surface area contributed by atoms with E-state index in [1.807, 2.05) is 36.4 Å². The lowest BCUT2D eigenvalue weighted by Crippen LogP contribution is -2.38. The van der Waals surface area contributed by atoms with Gasteiger partial charge in [-0.25, -0.2) is 9.78 Å². The fourth-order valence-electron chi connectivity index (χ4n) is 4.85. The van der Waals surface area contributed by atoms with Crippen molar-refractivity contribution in [1.29, 1.82) is 0 Å². The summed E-state index contributed by atoms with van der Waals surface area (Å²) in [5, 5.41) is 0. The van der Waals surface area contributed by atoms with Gasteiger partial charge >= 0.3 is 6.09 Å². The Labute approximate surface area is 236 Å². The van der Waals surface area contributed by atoms with Crippen molar-refractivity contribution >= 4 is 34.8 Å². The number of rotatable bonds is 8. The maximum Gasteiger partial charge on any atom is 0.414 e. The minimum absolute atomic E-state index is 0.216. The minimum Gasteiger partial charge on any atom is -0.486 e. The Hall–Kier alpha value is -5.12. The molecule has 1 atom stereocenters. The Morgan fingerprint density at radius 3 is 2.73 bits per heavy atom. The molecule has 41 heavy (non-hydrogen) atoms. The molecule has 2 aliphatic rings. The molecular weight excluding hydrogens is 524 g/mol. The Kier molecular flexibility index (Phi) is 7.36. The Balaban J connectivity index is 1.21. The highest BCUT2D eigenvalue weighted by molar-refractivity contribution is 5.95. The van der Waals surface area contributed by atoms with Crippen molar-refractivity contribution in [3.8, 4) is 17.4 Å². The minimum atomic E-state index is -0.524. The van der Waals surface area contributed by atoms with Gasteiger partial charge in [0.1, 0.15) is 19.3 Å². The van der Waals surface area contributed by atoms with Crippen molar-refractivity contribution in [3.05, 3.63) is 90.1 Å². The number of cyclic esters (lactones) is 1. The second-order valence-electron chi connectivity index (χ2n) is 9.60. The highest BCUT2D eigenvalue weighted by Crippen LogP contribution is 2.35. The second kappa shape index (κ2) is 11.5. The van der Waals surface area contributed by atoms with E-state index in [1.54, 1.807) is 59.5 Å². The maximum atomic E-state index is 13.6. The number of aromatic nitrogens is 2. The number of methoxy groups -OCH3 is 1. The Morgan fingerprint density at radius 1 is 1.07 bits per heavy atom. The molecule has 4 heterocycles. The largest absolute Gasteiger partial charge is 0.486 e. The molecule has 0 unspecified atom stereocenters. The molecule has 208 valence electrons. The van der Waals surface area contributed by atoms with Crippen LogP contribution in [0.5, 0.6) is 17.4 Å². The molecule has 0 radical (unpaired) electrons. The number of hydrogen-bond acceptors (Lipinski definition) is 8. The first-order chi connectivity index (χ1) is 20.1. The number of fused-ring (bicyclic) bond motifs is 2. The van der Waals surface area contributed by atoms with Gasteiger partial charge in [0.15, 0.2) is 11.5 Å². The number of anilines is 1. The van der Waals surface area contributed by atoms with Crippen LogP contribution in [0, 0.1) is 0 Å². The summed E-state index contributed by atoms with van der Waals surface area (Å²) >= 11 is 0. The van der Waals surface area contributed by atoms with Crippen LogP contribution in [0.1, 0.15) is 11.1 Å². The van der Waals surface area contributed by atoms with Gasteiger partial charge < -0.3 is 23.8 Å². The van der Waals surface area contributed by atoms with Crippen molar-refractivity contribution in [1.82, 2.24) is 14.9 Å². The number of carbonyl (C=O) groups is 2. The van der Waals surface area contributed by atoms with Gasteiger partial charge in [-0.15, -0.1) is 0 Å². The van der Waals surface area contributed by atoms with Crippen LogP contribution in [-0.2, 0) is 16.1 Å². The van der Waals surface area contributed by atoms with E-state index >= 15 is 0 Å². The van der Waals surface area contributed by atoms with Gasteiger partial charge in [-0.1, -0.05) is 30.3 Å². The monoisotopic (exact) mass is 552 g/mol. The third-order valence-electron chi connectivity index (χ3n) is 6.87. The van der Waals surface area contributed by atoms with Crippen LogP contribution >= 0.6 is 0 Å². The predicted molar refractivity (Wildman–Crippen MR) is 152 cm³/mol. The van der Waals surface area contributed by atoms with E-state index in [-0.39, 0.29) is 12.5 Å². The average Bonchev–Trinajstić information content (AvgIpc) is 3.39. The summed E-state index contributed by atoms with van der Waals surface area (Å²) in [6.07, 6.45) is 3.90. The zero-order chi connectivity index (χ0) is 28.2. The van der Waals surface area contributed by atoms with Gasteiger partial charge in [0.2, 0.25) is 11.8 Å². The number of nitrogens with zero attached hydrogens (tertiary/aromatic N) is 4. The molecule has 0 N–H and O–H groups in total. The lowest BCUT2D eigenvalue weighted by molar-refractivity contribution is -0.127. The smallest absolute Gasteiger partial charge is 0.414 e. The first-order valence-corrected chi connectivity index (χ1v) is 13.3. The van der Waals surface area contributed by atoms with Crippen LogP contribution < -0.4 is 19.1 Å². The van der Waals surface area contributed by atoms with Gasteiger partial charge in [0.25, 0.3) is 0 Å². The predicted octanol–water partition coefficient (Wildman–Crippen LogP) is 4.48. The standard InChI is InChI=1S/C31H28N4O6/c1-38-28-11-9-25-30(33-28)22(13-14-32-25)7-12-29(36)34(18-21-5-3-2-4-6-21)19-24-20-35(31(37)41-24)23-8-10-26-27(17-23)40-16-15-39-26/h2-14,17,24H,15-16,18-20H2,1H3/t24-/m0/s1. The zero-order valence-electron chi connectivity index (χ0n) is 22.4. The Bertz CT molecular complexity index is 1610. The molecule has 0 aliphatic carbocycles. The molecule has 0 spiro atoms. The fraction of sp³-hybridized carbons (Fsp3) is 0.226. The first kappa shape index (κ1) is 26.1. The highest BCUT2D eigenvalue weighted by atomic mass is 16.6. The van der Waals surface area contributed by atoms with E-state index in [0.29, 0.717) is 60.4 Å². The number of pyridine rings is 2. The van der Waals surface area contributed by atoms with Gasteiger partial charge in [-0.05, 0) is 35.9 Å². The van der Waals surface area contributed by atoms with Gasteiger partial charge in [0, 0.05) is 36.5 Å². The molecule has 10 heteroatoms. The summed E-state index contributed by atoms with van der Waals surface area (Å²) in [7, 11) is 1.55. The summed E-state index contributed by atoms with van der Waals surface area (Å²) in [6, 6.07) is 20.4. The lowest BCUT2D eigenvalue weighted by atomic mass is 10.1. The zero-order valence-corrected chi connectivity index (χ0v) is 22.4. The molecule has 2 aromatic heterocycles. The molecule has 0 bridgehead atoms.